The Morgan fingerprint density at radius 1 is 0.702 bits per heavy atom. The van der Waals surface area contributed by atoms with Crippen molar-refractivity contribution in [3.8, 4) is 0 Å². The van der Waals surface area contributed by atoms with E-state index in [1.54, 1.807) is 43.6 Å². The molecule has 0 radical (unpaired) electrons. The van der Waals surface area contributed by atoms with Gasteiger partial charge in [-0.1, -0.05) is 24.3 Å². The highest BCUT2D eigenvalue weighted by atomic mass is 16.6. The van der Waals surface area contributed by atoms with Crippen LogP contribution < -0.4 is 10.6 Å². The largest absolute Gasteiger partial charge is 0.313 e. The monoisotopic (exact) mass is 630 g/mol. The number of pyridine rings is 1. The third-order valence-electron chi connectivity index (χ3n) is 8.99. The Balaban J connectivity index is 0.969. The molecule has 1 aromatic heterocycles. The molecule has 0 saturated carbocycles. The number of aromatic nitrogens is 1. The maximum atomic E-state index is 13.7. The highest BCUT2D eigenvalue weighted by molar-refractivity contribution is 6.29. The van der Waals surface area contributed by atoms with Crippen molar-refractivity contribution in [2.75, 3.05) is 26.2 Å². The van der Waals surface area contributed by atoms with Gasteiger partial charge >= 0.3 is 0 Å². The summed E-state index contributed by atoms with van der Waals surface area (Å²) in [6.07, 6.45) is 3.42. The zero-order valence-electron chi connectivity index (χ0n) is 25.6. The van der Waals surface area contributed by atoms with Crippen molar-refractivity contribution in [3.63, 3.8) is 0 Å². The summed E-state index contributed by atoms with van der Waals surface area (Å²) in [6.45, 7) is 5.20. The van der Waals surface area contributed by atoms with E-state index >= 15 is 0 Å². The van der Waals surface area contributed by atoms with E-state index in [1.165, 1.54) is 17.0 Å². The number of nitro groups is 1. The molecule has 47 heavy (non-hydrogen) atoms. The standard InChI is InChI=1S/C35H30N6O6/c1-19(39-32(42)25-7-3-5-22-13-23(41(46)47)15-28(30(22)25)35(39)45)16-37-11-12-38-17-20(2)40-33(43)26-8-4-6-24-29-18-36-10-9-21(29)14-27(31(24)26)34(40)44/h3-10,13-15,18-20,37-38H,11-12,16-17H2,1-2H3/t19-,20-/m1/s1. The van der Waals surface area contributed by atoms with Crippen molar-refractivity contribution in [2.24, 2.45) is 0 Å². The Morgan fingerprint density at radius 2 is 1.28 bits per heavy atom. The quantitative estimate of drug-likeness (QED) is 0.0756. The van der Waals surface area contributed by atoms with Gasteiger partial charge in [-0.2, -0.15) is 0 Å². The van der Waals surface area contributed by atoms with Crippen molar-refractivity contribution < 1.29 is 24.1 Å². The molecule has 0 spiro atoms. The molecule has 2 atom stereocenters. The number of amides is 4. The Morgan fingerprint density at radius 3 is 1.91 bits per heavy atom. The van der Waals surface area contributed by atoms with Crippen LogP contribution in [0.3, 0.4) is 0 Å². The van der Waals surface area contributed by atoms with Gasteiger partial charge in [0.2, 0.25) is 0 Å². The second kappa shape index (κ2) is 11.6. The summed E-state index contributed by atoms with van der Waals surface area (Å²) >= 11 is 0. The predicted octanol–water partition coefficient (Wildman–Crippen LogP) is 4.30. The number of non-ortho nitro benzene ring substituents is 1. The van der Waals surface area contributed by atoms with Gasteiger partial charge in [-0.3, -0.25) is 44.1 Å². The van der Waals surface area contributed by atoms with Gasteiger partial charge in [-0.25, -0.2) is 0 Å². The van der Waals surface area contributed by atoms with Crippen LogP contribution in [0.1, 0.15) is 55.3 Å². The van der Waals surface area contributed by atoms with Gasteiger partial charge in [0.05, 0.1) is 10.5 Å². The van der Waals surface area contributed by atoms with Crippen LogP contribution in [-0.2, 0) is 0 Å². The molecule has 236 valence electrons. The number of hydrogen-bond donors (Lipinski definition) is 2. The number of benzene rings is 4. The lowest BCUT2D eigenvalue weighted by atomic mass is 9.90. The first-order chi connectivity index (χ1) is 22.7. The summed E-state index contributed by atoms with van der Waals surface area (Å²) < 4.78 is 0. The fourth-order valence-electron chi connectivity index (χ4n) is 6.75. The van der Waals surface area contributed by atoms with Gasteiger partial charge in [0.15, 0.2) is 0 Å². The molecule has 5 aromatic rings. The summed E-state index contributed by atoms with van der Waals surface area (Å²) in [5.74, 6) is -1.68. The first-order valence-corrected chi connectivity index (χ1v) is 15.3. The lowest BCUT2D eigenvalue weighted by molar-refractivity contribution is -0.384. The van der Waals surface area contributed by atoms with Crippen LogP contribution in [0.5, 0.6) is 0 Å². The summed E-state index contributed by atoms with van der Waals surface area (Å²) in [6, 6.07) is 15.7. The number of nitro benzene ring substituents is 1. The molecule has 4 aromatic carbocycles. The molecule has 2 aliphatic heterocycles. The molecule has 0 saturated heterocycles. The highest BCUT2D eigenvalue weighted by Gasteiger charge is 2.38. The van der Waals surface area contributed by atoms with Gasteiger partial charge in [0, 0.05) is 95.6 Å². The zero-order chi connectivity index (χ0) is 33.0. The minimum Gasteiger partial charge on any atom is -0.313 e. The van der Waals surface area contributed by atoms with E-state index in [9.17, 15) is 29.3 Å². The Labute approximate surface area is 268 Å². The van der Waals surface area contributed by atoms with E-state index in [0.717, 1.165) is 21.1 Å². The number of nitrogens with one attached hydrogen (secondary N) is 2. The minimum atomic E-state index is -0.568. The van der Waals surface area contributed by atoms with Crippen LogP contribution >= 0.6 is 0 Å². The zero-order valence-corrected chi connectivity index (χ0v) is 25.6. The fourth-order valence-corrected chi connectivity index (χ4v) is 6.75. The molecular weight excluding hydrogens is 600 g/mol. The van der Waals surface area contributed by atoms with E-state index in [-0.39, 0.29) is 23.1 Å². The van der Waals surface area contributed by atoms with Gasteiger partial charge in [-0.15, -0.1) is 0 Å². The van der Waals surface area contributed by atoms with E-state index in [0.29, 0.717) is 59.0 Å². The number of carbonyl (C=O) groups is 4. The second-order valence-electron chi connectivity index (χ2n) is 12.0. The number of fused-ring (bicyclic) bond motifs is 2. The Hall–Kier alpha value is -5.59. The second-order valence-corrected chi connectivity index (χ2v) is 12.0. The molecule has 12 nitrogen and oxygen atoms in total. The minimum absolute atomic E-state index is 0.137. The van der Waals surface area contributed by atoms with Crippen molar-refractivity contribution in [2.45, 2.75) is 25.9 Å². The molecule has 0 aliphatic carbocycles. The van der Waals surface area contributed by atoms with Gasteiger partial charge in [0.25, 0.3) is 29.3 Å². The van der Waals surface area contributed by atoms with E-state index in [1.807, 2.05) is 31.2 Å². The SMILES string of the molecule is C[C@H](CNCCNC[C@@H](C)N1C(=O)c2cccc3c2c(cc2ccncc23)C1=O)N1C(=O)c2cccc3cc([N+](=O)[O-])cc(c23)C1=O. The summed E-state index contributed by atoms with van der Waals surface area (Å²) in [5, 5.41) is 22.2. The van der Waals surface area contributed by atoms with Crippen molar-refractivity contribution >= 4 is 61.6 Å². The molecule has 0 unspecified atom stereocenters. The molecular formula is C35H30N6O6. The fraction of sp³-hybridized carbons (Fsp3) is 0.229. The first-order valence-electron chi connectivity index (χ1n) is 15.3. The van der Waals surface area contributed by atoms with Crippen molar-refractivity contribution in [1.82, 2.24) is 25.4 Å². The third-order valence-corrected chi connectivity index (χ3v) is 8.99. The average molecular weight is 631 g/mol. The van der Waals surface area contributed by atoms with Gasteiger partial charge in [-0.05, 0) is 54.3 Å². The van der Waals surface area contributed by atoms with Crippen LogP contribution in [0.25, 0.3) is 32.3 Å². The number of carbonyl (C=O) groups excluding carboxylic acids is 4. The summed E-state index contributed by atoms with van der Waals surface area (Å²) in [4.78, 5) is 71.6. The average Bonchev–Trinajstić information content (AvgIpc) is 3.07. The number of nitrogens with zero attached hydrogens (tertiary/aromatic N) is 4. The molecule has 7 rings (SSSR count). The first kappa shape index (κ1) is 30.1. The van der Waals surface area contributed by atoms with E-state index in [4.69, 9.17) is 0 Å². The van der Waals surface area contributed by atoms with Crippen LogP contribution in [0.4, 0.5) is 5.69 Å². The molecule has 0 fully saturated rings. The molecule has 2 aliphatic rings. The van der Waals surface area contributed by atoms with Crippen molar-refractivity contribution in [1.29, 1.82) is 0 Å². The maximum absolute atomic E-state index is 13.7. The molecule has 4 amide bonds. The number of rotatable bonds is 10. The number of hydrogen-bond acceptors (Lipinski definition) is 9. The molecule has 0 bridgehead atoms. The van der Waals surface area contributed by atoms with Crippen molar-refractivity contribution in [3.05, 3.63) is 105 Å². The Kier molecular flexibility index (Phi) is 7.45. The smallest absolute Gasteiger partial charge is 0.270 e. The molecule has 2 N–H and O–H groups in total. The topological polar surface area (TPSA) is 155 Å². The Bertz CT molecular complexity index is 2180. The lowest BCUT2D eigenvalue weighted by Crippen LogP contribution is -2.51. The van der Waals surface area contributed by atoms with Crippen LogP contribution in [-0.4, -0.2) is 81.6 Å². The van der Waals surface area contributed by atoms with Crippen LogP contribution in [0, 0.1) is 10.1 Å². The normalized spacial score (nSPS) is 15.6. The van der Waals surface area contributed by atoms with Crippen LogP contribution in [0.15, 0.2) is 73.1 Å². The summed E-state index contributed by atoms with van der Waals surface area (Å²) in [5.41, 5.74) is 1.24. The predicted molar refractivity (Wildman–Crippen MR) is 176 cm³/mol. The van der Waals surface area contributed by atoms with E-state index < -0.39 is 28.8 Å². The lowest BCUT2D eigenvalue weighted by Gasteiger charge is -2.32. The van der Waals surface area contributed by atoms with Crippen LogP contribution in [0.2, 0.25) is 0 Å². The van der Waals surface area contributed by atoms with Gasteiger partial charge < -0.3 is 10.6 Å². The summed E-state index contributed by atoms with van der Waals surface area (Å²) in [7, 11) is 0. The molecule has 12 heteroatoms. The van der Waals surface area contributed by atoms with E-state index in [2.05, 4.69) is 15.6 Å². The number of imide groups is 2. The third kappa shape index (κ3) is 4.89. The maximum Gasteiger partial charge on any atom is 0.270 e. The highest BCUT2D eigenvalue weighted by Crippen LogP contribution is 2.36. The van der Waals surface area contributed by atoms with Gasteiger partial charge in [0.1, 0.15) is 0 Å². The molecule has 3 heterocycles.